The van der Waals surface area contributed by atoms with Crippen LogP contribution in [0.15, 0.2) is 78.4 Å². The van der Waals surface area contributed by atoms with Crippen molar-refractivity contribution in [2.45, 2.75) is 19.3 Å². The summed E-state index contributed by atoms with van der Waals surface area (Å²) >= 11 is 12.9. The molecule has 7 heteroatoms. The lowest BCUT2D eigenvalue weighted by atomic mass is 9.87. The number of halogens is 2. The van der Waals surface area contributed by atoms with Gasteiger partial charge in [0, 0.05) is 49.9 Å². The summed E-state index contributed by atoms with van der Waals surface area (Å²) in [7, 11) is 3.49. The van der Waals surface area contributed by atoms with Crippen LogP contribution in [0.5, 0.6) is 0 Å². The zero-order valence-electron chi connectivity index (χ0n) is 23.2. The average Bonchev–Trinajstić information content (AvgIpc) is 3.11. The summed E-state index contributed by atoms with van der Waals surface area (Å²) in [6.07, 6.45) is 8.23. The fourth-order valence-corrected chi connectivity index (χ4v) is 5.96. The number of aryl methyl sites for hydroxylation is 1. The van der Waals surface area contributed by atoms with Crippen LogP contribution < -0.4 is 0 Å². The van der Waals surface area contributed by atoms with Gasteiger partial charge in [0.15, 0.2) is 0 Å². The smallest absolute Gasteiger partial charge is 0.335 e. The molecule has 1 saturated heterocycles. The second-order valence-electron chi connectivity index (χ2n) is 10.7. The van der Waals surface area contributed by atoms with Crippen molar-refractivity contribution in [3.63, 3.8) is 0 Å². The molecule has 0 aromatic heterocycles. The molecular formula is C34H32Cl2N2O3. The van der Waals surface area contributed by atoms with E-state index in [-0.39, 0.29) is 5.91 Å². The average molecular weight is 588 g/mol. The second kappa shape index (κ2) is 12.5. The Balaban J connectivity index is 1.44. The van der Waals surface area contributed by atoms with Gasteiger partial charge in [-0.25, -0.2) is 4.79 Å². The van der Waals surface area contributed by atoms with Crippen molar-refractivity contribution in [3.8, 4) is 0 Å². The zero-order chi connectivity index (χ0) is 29.1. The van der Waals surface area contributed by atoms with Crippen molar-refractivity contribution in [2.75, 3.05) is 33.7 Å². The third-order valence-corrected chi connectivity index (χ3v) is 8.09. The molecule has 2 aliphatic rings. The lowest BCUT2D eigenvalue weighted by Crippen LogP contribution is -2.39. The minimum absolute atomic E-state index is 0.00315. The number of amides is 1. The SMILES string of the molecule is CN(C)C(=O)C=CCN1CC(=Cc2ccc(C3=C(c4ccc(Cl)cc4Cl)CCCc4cc(C(=O)O)ccc43)cc2)C1. The van der Waals surface area contributed by atoms with E-state index in [4.69, 9.17) is 23.2 Å². The highest BCUT2D eigenvalue weighted by Gasteiger charge is 2.23. The van der Waals surface area contributed by atoms with Crippen LogP contribution in [0.25, 0.3) is 17.2 Å². The zero-order valence-corrected chi connectivity index (χ0v) is 24.7. The first-order valence-electron chi connectivity index (χ1n) is 13.6. The Bertz CT molecular complexity index is 1580. The number of rotatable bonds is 7. The van der Waals surface area contributed by atoms with Crippen molar-refractivity contribution in [3.05, 3.63) is 122 Å². The molecule has 1 fully saturated rings. The largest absolute Gasteiger partial charge is 0.478 e. The monoisotopic (exact) mass is 586 g/mol. The number of likely N-dealkylation sites (N-methyl/N-ethyl adjacent to an activating group) is 1. The van der Waals surface area contributed by atoms with Crippen LogP contribution in [-0.2, 0) is 11.2 Å². The summed E-state index contributed by atoms with van der Waals surface area (Å²) in [4.78, 5) is 27.2. The van der Waals surface area contributed by atoms with Crippen molar-refractivity contribution in [2.24, 2.45) is 0 Å². The Morgan fingerprint density at radius 2 is 1.68 bits per heavy atom. The molecule has 0 unspecified atom stereocenters. The van der Waals surface area contributed by atoms with E-state index < -0.39 is 5.97 Å². The van der Waals surface area contributed by atoms with E-state index in [2.05, 4.69) is 35.2 Å². The minimum Gasteiger partial charge on any atom is -0.478 e. The molecule has 1 aliphatic heterocycles. The number of carboxylic acids is 1. The Kier molecular flexibility index (Phi) is 8.79. The number of fused-ring (bicyclic) bond motifs is 1. The van der Waals surface area contributed by atoms with Gasteiger partial charge in [-0.1, -0.05) is 71.8 Å². The van der Waals surface area contributed by atoms with Gasteiger partial charge in [0.25, 0.3) is 0 Å². The Morgan fingerprint density at radius 3 is 2.37 bits per heavy atom. The van der Waals surface area contributed by atoms with E-state index >= 15 is 0 Å². The van der Waals surface area contributed by atoms with Crippen molar-refractivity contribution >= 4 is 52.3 Å². The quantitative estimate of drug-likeness (QED) is 0.294. The van der Waals surface area contributed by atoms with Gasteiger partial charge in [-0.2, -0.15) is 0 Å². The predicted octanol–water partition coefficient (Wildman–Crippen LogP) is 7.33. The maximum atomic E-state index is 11.7. The van der Waals surface area contributed by atoms with Crippen LogP contribution in [-0.4, -0.2) is 60.5 Å². The summed E-state index contributed by atoms with van der Waals surface area (Å²) in [6.45, 7) is 2.51. The number of nitrogens with zero attached hydrogens (tertiary/aromatic N) is 2. The number of carboxylic acid groups (broad SMARTS) is 1. The van der Waals surface area contributed by atoms with Crippen LogP contribution in [0.1, 0.15) is 51.0 Å². The Labute approximate surface area is 251 Å². The molecule has 41 heavy (non-hydrogen) atoms. The van der Waals surface area contributed by atoms with Crippen molar-refractivity contribution in [1.29, 1.82) is 0 Å². The number of benzene rings is 3. The van der Waals surface area contributed by atoms with Crippen molar-refractivity contribution < 1.29 is 14.7 Å². The molecule has 0 atom stereocenters. The van der Waals surface area contributed by atoms with Gasteiger partial charge in [0.1, 0.15) is 0 Å². The number of likely N-dealkylation sites (tertiary alicyclic amines) is 1. The molecule has 5 nitrogen and oxygen atoms in total. The lowest BCUT2D eigenvalue weighted by molar-refractivity contribution is -0.123. The number of aromatic carboxylic acids is 1. The molecule has 210 valence electrons. The molecule has 0 saturated carbocycles. The van der Waals surface area contributed by atoms with Crippen LogP contribution in [0.2, 0.25) is 10.0 Å². The van der Waals surface area contributed by atoms with E-state index in [9.17, 15) is 14.7 Å². The van der Waals surface area contributed by atoms with E-state index in [1.54, 1.807) is 43.3 Å². The molecule has 0 bridgehead atoms. The fraction of sp³-hybridized carbons (Fsp3) is 0.235. The molecule has 5 rings (SSSR count). The van der Waals surface area contributed by atoms with Gasteiger partial charge in [0.2, 0.25) is 5.91 Å². The first-order chi connectivity index (χ1) is 19.7. The highest BCUT2D eigenvalue weighted by Crippen LogP contribution is 2.42. The Morgan fingerprint density at radius 1 is 0.951 bits per heavy atom. The number of hydrogen-bond donors (Lipinski definition) is 1. The number of carbonyl (C=O) groups is 2. The first-order valence-corrected chi connectivity index (χ1v) is 14.4. The summed E-state index contributed by atoms with van der Waals surface area (Å²) < 4.78 is 0. The van der Waals surface area contributed by atoms with Crippen LogP contribution in [0.3, 0.4) is 0 Å². The highest BCUT2D eigenvalue weighted by atomic mass is 35.5. The molecular weight excluding hydrogens is 555 g/mol. The summed E-state index contributed by atoms with van der Waals surface area (Å²) in [5.74, 6) is -0.926. The fourth-order valence-electron chi connectivity index (χ4n) is 5.44. The predicted molar refractivity (Wildman–Crippen MR) is 167 cm³/mol. The third-order valence-electron chi connectivity index (χ3n) is 7.54. The van der Waals surface area contributed by atoms with E-state index in [0.717, 1.165) is 77.9 Å². The number of carbonyl (C=O) groups excluding carboxylic acids is 1. The molecule has 0 radical (unpaired) electrons. The third kappa shape index (κ3) is 6.65. The Hall–Kier alpha value is -3.64. The highest BCUT2D eigenvalue weighted by molar-refractivity contribution is 6.36. The molecule has 3 aromatic carbocycles. The second-order valence-corrected chi connectivity index (χ2v) is 11.6. The van der Waals surface area contributed by atoms with Gasteiger partial charge in [-0.3, -0.25) is 9.69 Å². The van der Waals surface area contributed by atoms with Gasteiger partial charge in [-0.15, -0.1) is 0 Å². The standard InChI is InChI=1S/C34H32Cl2N2O3/c1-37(2)32(39)7-4-16-38-20-23(21-38)17-22-8-10-24(11-9-22)33-28-14-12-26(34(40)41)18-25(28)5-3-6-30(33)29-15-13-27(35)19-31(29)36/h4,7-15,17-19H,3,5-6,16,20-21H2,1-2H3,(H,40,41). The van der Waals surface area contributed by atoms with Crippen molar-refractivity contribution in [1.82, 2.24) is 9.80 Å². The molecule has 3 aromatic rings. The summed E-state index contributed by atoms with van der Waals surface area (Å²) in [5, 5.41) is 10.8. The molecule has 1 heterocycles. The van der Waals surface area contributed by atoms with Gasteiger partial charge < -0.3 is 10.0 Å². The normalized spacial score (nSPS) is 15.4. The minimum atomic E-state index is -0.923. The van der Waals surface area contributed by atoms with Gasteiger partial charge in [0.05, 0.1) is 5.56 Å². The first kappa shape index (κ1) is 28.9. The van der Waals surface area contributed by atoms with Gasteiger partial charge in [-0.05, 0) is 88.1 Å². The van der Waals surface area contributed by atoms with E-state index in [0.29, 0.717) is 15.6 Å². The maximum Gasteiger partial charge on any atom is 0.335 e. The maximum absolute atomic E-state index is 11.7. The van der Waals surface area contributed by atoms with E-state index in [1.165, 1.54) is 5.57 Å². The van der Waals surface area contributed by atoms with Crippen LogP contribution in [0, 0.1) is 0 Å². The molecule has 1 N–H and O–H groups in total. The molecule has 1 amide bonds. The van der Waals surface area contributed by atoms with Crippen LogP contribution in [0.4, 0.5) is 0 Å². The number of allylic oxidation sites excluding steroid dienone is 1. The molecule has 1 aliphatic carbocycles. The summed E-state index contributed by atoms with van der Waals surface area (Å²) in [6, 6.07) is 19.6. The topological polar surface area (TPSA) is 60.9 Å². The summed E-state index contributed by atoms with van der Waals surface area (Å²) in [5.41, 5.74) is 9.06. The number of hydrogen-bond acceptors (Lipinski definition) is 3. The molecule has 0 spiro atoms. The van der Waals surface area contributed by atoms with Gasteiger partial charge >= 0.3 is 5.97 Å². The lowest BCUT2D eigenvalue weighted by Gasteiger charge is -2.33. The van der Waals surface area contributed by atoms with Crippen LogP contribution >= 0.6 is 23.2 Å². The van der Waals surface area contributed by atoms with E-state index in [1.807, 2.05) is 24.3 Å².